The fraction of sp³-hybridized carbons (Fsp3) is 0.500. The van der Waals surface area contributed by atoms with E-state index in [0.717, 1.165) is 13.0 Å². The largest absolute Gasteiger partial charge is 0.479 e. The minimum Gasteiger partial charge on any atom is -0.479 e. The third kappa shape index (κ3) is 3.14. The normalized spacial score (nSPS) is 20.5. The molecule has 0 bridgehead atoms. The van der Waals surface area contributed by atoms with Crippen molar-refractivity contribution >= 4 is 22.5 Å². The molecule has 2 aliphatic heterocycles. The van der Waals surface area contributed by atoms with Crippen LogP contribution in [0.1, 0.15) is 12.8 Å². The van der Waals surface area contributed by atoms with Gasteiger partial charge in [-0.25, -0.2) is 0 Å². The van der Waals surface area contributed by atoms with Crippen LogP contribution in [-0.2, 0) is 16.1 Å². The molecule has 25 heavy (non-hydrogen) atoms. The number of hydrogen-bond acceptors (Lipinski definition) is 6. The Morgan fingerprint density at radius 2 is 2.28 bits per heavy atom. The molecule has 9 nitrogen and oxygen atoms in total. The van der Waals surface area contributed by atoms with Crippen LogP contribution in [0.2, 0.25) is 0 Å². The van der Waals surface area contributed by atoms with Gasteiger partial charge in [0.05, 0.1) is 23.7 Å². The van der Waals surface area contributed by atoms with Crippen molar-refractivity contribution in [2.45, 2.75) is 25.5 Å². The molecular weight excluding hydrogens is 328 g/mol. The lowest BCUT2D eigenvalue weighted by molar-refractivity contribution is -0.386. The van der Waals surface area contributed by atoms with Gasteiger partial charge in [-0.05, 0) is 12.8 Å². The number of nitrogens with zero attached hydrogens (tertiary/aromatic N) is 3. The minimum absolute atomic E-state index is 0.0131. The molecule has 2 fully saturated rings. The highest BCUT2D eigenvalue weighted by atomic mass is 16.6. The first-order valence-electron chi connectivity index (χ1n) is 8.28. The van der Waals surface area contributed by atoms with Crippen molar-refractivity contribution in [3.63, 3.8) is 0 Å². The Kier molecular flexibility index (Phi) is 4.00. The van der Waals surface area contributed by atoms with Crippen molar-refractivity contribution in [2.24, 2.45) is 5.92 Å². The van der Waals surface area contributed by atoms with Crippen LogP contribution in [0.15, 0.2) is 18.3 Å². The molecule has 2 saturated heterocycles. The van der Waals surface area contributed by atoms with Gasteiger partial charge in [-0.15, -0.1) is 0 Å². The Morgan fingerprint density at radius 3 is 2.92 bits per heavy atom. The van der Waals surface area contributed by atoms with E-state index in [1.165, 1.54) is 6.07 Å². The molecule has 0 aliphatic carbocycles. The molecule has 1 amide bonds. The van der Waals surface area contributed by atoms with Crippen LogP contribution in [0.3, 0.4) is 0 Å². The average molecular weight is 346 g/mol. The van der Waals surface area contributed by atoms with E-state index in [1.54, 1.807) is 16.9 Å². The van der Waals surface area contributed by atoms with E-state index in [1.807, 2.05) is 0 Å². The van der Waals surface area contributed by atoms with Crippen molar-refractivity contribution < 1.29 is 19.2 Å². The molecule has 0 spiro atoms. The third-order valence-electron chi connectivity index (χ3n) is 4.60. The van der Waals surface area contributed by atoms with E-state index >= 15 is 0 Å². The van der Waals surface area contributed by atoms with Crippen LogP contribution < -0.4 is 10.1 Å². The van der Waals surface area contributed by atoms with Gasteiger partial charge < -0.3 is 14.8 Å². The number of carbonyl (C=O) groups is 1. The molecule has 0 radical (unpaired) electrons. The maximum absolute atomic E-state index is 11.6. The third-order valence-corrected chi connectivity index (χ3v) is 4.60. The summed E-state index contributed by atoms with van der Waals surface area (Å²) in [5, 5.41) is 19.3. The quantitative estimate of drug-likeness (QED) is 0.623. The summed E-state index contributed by atoms with van der Waals surface area (Å²) >= 11 is 0. The smallest absolute Gasteiger partial charge is 0.311 e. The van der Waals surface area contributed by atoms with E-state index < -0.39 is 4.92 Å². The summed E-state index contributed by atoms with van der Waals surface area (Å²) in [5.74, 6) is 0.316. The average Bonchev–Trinajstić information content (AvgIpc) is 3.12. The van der Waals surface area contributed by atoms with Gasteiger partial charge in [0.15, 0.2) is 5.75 Å². The van der Waals surface area contributed by atoms with Crippen molar-refractivity contribution in [2.75, 3.05) is 19.8 Å². The van der Waals surface area contributed by atoms with E-state index in [9.17, 15) is 14.9 Å². The highest BCUT2D eigenvalue weighted by molar-refractivity contribution is 5.83. The molecule has 1 N–H and O–H groups in total. The standard InChI is InChI=1S/C16H18N4O5/c21-16-10(1-3-17-16)2-4-19-7-11-5-14(20(22)23)15(6-13(11)18-19)25-12-8-24-9-12/h5-7,10,12H,1-4,8-9H2,(H,17,21). The lowest BCUT2D eigenvalue weighted by Crippen LogP contribution is -2.38. The van der Waals surface area contributed by atoms with Crippen LogP contribution in [0, 0.1) is 16.0 Å². The van der Waals surface area contributed by atoms with Crippen molar-refractivity contribution in [1.29, 1.82) is 0 Å². The molecule has 1 aromatic heterocycles. The van der Waals surface area contributed by atoms with Gasteiger partial charge >= 0.3 is 5.69 Å². The second-order valence-corrected chi connectivity index (χ2v) is 6.37. The summed E-state index contributed by atoms with van der Waals surface area (Å²) in [6, 6.07) is 3.08. The van der Waals surface area contributed by atoms with Gasteiger partial charge in [0, 0.05) is 42.7 Å². The zero-order valence-corrected chi connectivity index (χ0v) is 13.5. The number of amides is 1. The van der Waals surface area contributed by atoms with Crippen molar-refractivity contribution in [3.05, 3.63) is 28.4 Å². The lowest BCUT2D eigenvalue weighted by Gasteiger charge is -2.26. The summed E-state index contributed by atoms with van der Waals surface area (Å²) in [4.78, 5) is 22.5. The second kappa shape index (κ2) is 6.32. The number of aromatic nitrogens is 2. The Bertz CT molecular complexity index is 829. The van der Waals surface area contributed by atoms with Crippen molar-refractivity contribution in [3.8, 4) is 5.75 Å². The SMILES string of the molecule is O=C1NCCC1CCn1cc2cc([N+](=O)[O-])c(OC3COC3)cc2n1. The Morgan fingerprint density at radius 1 is 1.44 bits per heavy atom. The summed E-state index contributed by atoms with van der Waals surface area (Å²) in [7, 11) is 0. The number of nitro groups is 1. The lowest BCUT2D eigenvalue weighted by atomic mass is 10.0. The van der Waals surface area contributed by atoms with Crippen LogP contribution in [0.5, 0.6) is 5.75 Å². The number of benzene rings is 1. The van der Waals surface area contributed by atoms with Gasteiger partial charge in [-0.2, -0.15) is 5.10 Å². The molecule has 2 aliphatic rings. The number of fused-ring (bicyclic) bond motifs is 1. The maximum Gasteiger partial charge on any atom is 0.311 e. The highest BCUT2D eigenvalue weighted by Gasteiger charge is 2.26. The van der Waals surface area contributed by atoms with Gasteiger partial charge in [0.1, 0.15) is 6.10 Å². The van der Waals surface area contributed by atoms with Gasteiger partial charge in [-0.1, -0.05) is 0 Å². The molecule has 1 aromatic carbocycles. The van der Waals surface area contributed by atoms with E-state index in [-0.39, 0.29) is 29.4 Å². The summed E-state index contributed by atoms with van der Waals surface area (Å²) < 4.78 is 12.4. The fourth-order valence-electron chi connectivity index (χ4n) is 3.11. The summed E-state index contributed by atoms with van der Waals surface area (Å²) in [5.41, 5.74) is 0.561. The second-order valence-electron chi connectivity index (χ2n) is 6.37. The predicted molar refractivity (Wildman–Crippen MR) is 87.4 cm³/mol. The number of nitro benzene ring substituents is 1. The first kappa shape index (κ1) is 15.8. The molecule has 4 rings (SSSR count). The number of nitrogens with one attached hydrogen (secondary N) is 1. The number of rotatable bonds is 6. The van der Waals surface area contributed by atoms with Gasteiger partial charge in [0.25, 0.3) is 0 Å². The molecule has 1 unspecified atom stereocenters. The Balaban J connectivity index is 1.56. The number of hydrogen-bond donors (Lipinski definition) is 1. The molecule has 2 aromatic rings. The van der Waals surface area contributed by atoms with Crippen LogP contribution in [0.25, 0.3) is 10.9 Å². The van der Waals surface area contributed by atoms with Crippen molar-refractivity contribution in [1.82, 2.24) is 15.1 Å². The van der Waals surface area contributed by atoms with E-state index in [0.29, 0.717) is 37.1 Å². The molecule has 9 heteroatoms. The fourth-order valence-corrected chi connectivity index (χ4v) is 3.11. The Labute approximate surface area is 143 Å². The zero-order chi connectivity index (χ0) is 17.4. The first-order chi connectivity index (χ1) is 12.1. The van der Waals surface area contributed by atoms with Crippen LogP contribution in [-0.4, -0.2) is 46.5 Å². The first-order valence-corrected chi connectivity index (χ1v) is 8.28. The van der Waals surface area contributed by atoms with Gasteiger partial charge in [-0.3, -0.25) is 19.6 Å². The number of carbonyl (C=O) groups excluding carboxylic acids is 1. The molecule has 1 atom stereocenters. The summed E-state index contributed by atoms with van der Waals surface area (Å²) in [6.07, 6.45) is 3.15. The van der Waals surface area contributed by atoms with Gasteiger partial charge in [0.2, 0.25) is 5.91 Å². The topological polar surface area (TPSA) is 109 Å². The summed E-state index contributed by atoms with van der Waals surface area (Å²) in [6.45, 7) is 2.19. The van der Waals surface area contributed by atoms with Crippen LogP contribution >= 0.6 is 0 Å². The van der Waals surface area contributed by atoms with E-state index in [2.05, 4.69) is 10.4 Å². The van der Waals surface area contributed by atoms with E-state index in [4.69, 9.17) is 9.47 Å². The monoisotopic (exact) mass is 346 g/mol. The molecule has 3 heterocycles. The molecule has 132 valence electrons. The molecular formula is C16H18N4O5. The maximum atomic E-state index is 11.6. The molecule has 0 saturated carbocycles. The number of aryl methyl sites for hydroxylation is 1. The number of ether oxygens (including phenoxy) is 2. The highest BCUT2D eigenvalue weighted by Crippen LogP contribution is 2.33. The zero-order valence-electron chi connectivity index (χ0n) is 13.5. The van der Waals surface area contributed by atoms with Crippen LogP contribution in [0.4, 0.5) is 5.69 Å². The minimum atomic E-state index is -0.450. The Hall–Kier alpha value is -2.68. The predicted octanol–water partition coefficient (Wildman–Crippen LogP) is 1.25.